The molecule has 2 atom stereocenters. The van der Waals surface area contributed by atoms with Gasteiger partial charge in [0, 0.05) is 0 Å². The predicted octanol–water partition coefficient (Wildman–Crippen LogP) is 1.26. The first-order valence-electron chi connectivity index (χ1n) is 7.13. The molecule has 0 spiro atoms. The van der Waals surface area contributed by atoms with Gasteiger partial charge in [-0.05, 0) is 24.1 Å². The fourth-order valence-electron chi connectivity index (χ4n) is 1.88. The molecule has 0 bridgehead atoms. The van der Waals surface area contributed by atoms with Gasteiger partial charge in [-0.1, -0.05) is 33.3 Å². The number of sulfonamides is 1. The van der Waals surface area contributed by atoms with E-state index in [4.69, 9.17) is 0 Å². The first kappa shape index (κ1) is 19.6. The van der Waals surface area contributed by atoms with E-state index in [0.29, 0.717) is 6.42 Å². The van der Waals surface area contributed by atoms with Crippen LogP contribution in [-0.2, 0) is 24.7 Å². The van der Waals surface area contributed by atoms with E-state index in [1.165, 1.54) is 25.1 Å². The molecule has 0 radical (unpaired) electrons. The van der Waals surface area contributed by atoms with Crippen molar-refractivity contribution in [2.75, 3.05) is 5.75 Å². The molecule has 0 fully saturated rings. The van der Waals surface area contributed by atoms with Gasteiger partial charge < -0.3 is 5.11 Å². The smallest absolute Gasteiger partial charge is 0.322 e. The van der Waals surface area contributed by atoms with Crippen molar-refractivity contribution in [3.05, 3.63) is 24.3 Å². The molecule has 9 heteroatoms. The SMILES string of the molecule is CC[C@H](C)[C@H](NS(=O)(=O)c1cccc(S(=O)(=O)CC)c1)C(=O)O. The summed E-state index contributed by atoms with van der Waals surface area (Å²) in [7, 11) is -7.70. The minimum absolute atomic E-state index is 0.113. The number of rotatable bonds is 8. The van der Waals surface area contributed by atoms with Gasteiger partial charge in [-0.2, -0.15) is 4.72 Å². The number of sulfone groups is 1. The molecule has 1 aromatic carbocycles. The highest BCUT2D eigenvalue weighted by molar-refractivity contribution is 7.91. The lowest BCUT2D eigenvalue weighted by Crippen LogP contribution is -2.44. The van der Waals surface area contributed by atoms with Crippen molar-refractivity contribution < 1.29 is 26.7 Å². The molecule has 0 aliphatic carbocycles. The maximum atomic E-state index is 12.4. The molecule has 1 rings (SSSR count). The minimum Gasteiger partial charge on any atom is -0.480 e. The third-order valence-electron chi connectivity index (χ3n) is 3.62. The summed E-state index contributed by atoms with van der Waals surface area (Å²) in [5, 5.41) is 9.18. The Hall–Kier alpha value is -1.45. The van der Waals surface area contributed by atoms with E-state index in [2.05, 4.69) is 4.72 Å². The van der Waals surface area contributed by atoms with E-state index in [0.717, 1.165) is 6.07 Å². The van der Waals surface area contributed by atoms with Crippen LogP contribution in [0.4, 0.5) is 0 Å². The summed E-state index contributed by atoms with van der Waals surface area (Å²) in [6.45, 7) is 4.83. The molecule has 1 aromatic rings. The third-order valence-corrected chi connectivity index (χ3v) is 6.79. The van der Waals surface area contributed by atoms with Gasteiger partial charge in [0.25, 0.3) is 0 Å². The molecule has 7 nitrogen and oxygen atoms in total. The summed E-state index contributed by atoms with van der Waals surface area (Å²) in [6, 6.07) is 3.61. The molecule has 0 heterocycles. The van der Waals surface area contributed by atoms with Crippen LogP contribution in [0.25, 0.3) is 0 Å². The molecule has 0 aliphatic rings. The molecular weight excluding hydrogens is 342 g/mol. The van der Waals surface area contributed by atoms with Crippen LogP contribution in [0.5, 0.6) is 0 Å². The lowest BCUT2D eigenvalue weighted by molar-refractivity contribution is -0.140. The van der Waals surface area contributed by atoms with Crippen LogP contribution >= 0.6 is 0 Å². The number of carboxylic acids is 1. The first-order valence-corrected chi connectivity index (χ1v) is 10.3. The van der Waals surface area contributed by atoms with Gasteiger partial charge in [0.1, 0.15) is 6.04 Å². The highest BCUT2D eigenvalue weighted by Gasteiger charge is 2.29. The van der Waals surface area contributed by atoms with Gasteiger partial charge in [0.15, 0.2) is 9.84 Å². The lowest BCUT2D eigenvalue weighted by Gasteiger charge is -2.20. The number of hydrogen-bond donors (Lipinski definition) is 2. The second-order valence-corrected chi connectivity index (χ2v) is 9.19. The van der Waals surface area contributed by atoms with Crippen LogP contribution in [-0.4, -0.2) is 39.7 Å². The molecule has 2 N–H and O–H groups in total. The second-order valence-electron chi connectivity index (χ2n) is 5.20. The number of hydrogen-bond acceptors (Lipinski definition) is 5. The monoisotopic (exact) mass is 363 g/mol. The maximum absolute atomic E-state index is 12.4. The Bertz CT molecular complexity index is 770. The van der Waals surface area contributed by atoms with Crippen molar-refractivity contribution in [3.63, 3.8) is 0 Å². The van der Waals surface area contributed by atoms with Crippen molar-refractivity contribution in [1.29, 1.82) is 0 Å². The summed E-state index contributed by atoms with van der Waals surface area (Å²) in [5.41, 5.74) is 0. The second kappa shape index (κ2) is 7.41. The van der Waals surface area contributed by atoms with Crippen LogP contribution in [0.1, 0.15) is 27.2 Å². The fourth-order valence-corrected chi connectivity index (χ4v) is 4.23. The van der Waals surface area contributed by atoms with E-state index in [-0.39, 0.29) is 15.5 Å². The van der Waals surface area contributed by atoms with Gasteiger partial charge in [0.05, 0.1) is 15.5 Å². The van der Waals surface area contributed by atoms with E-state index in [1.807, 2.05) is 0 Å². The van der Waals surface area contributed by atoms with Crippen LogP contribution in [0.15, 0.2) is 34.1 Å². The molecule has 0 unspecified atom stereocenters. The molecule has 0 saturated heterocycles. The van der Waals surface area contributed by atoms with E-state index in [1.54, 1.807) is 13.8 Å². The quantitative estimate of drug-likeness (QED) is 0.718. The zero-order chi connectivity index (χ0) is 17.8. The normalized spacial score (nSPS) is 15.1. The highest BCUT2D eigenvalue weighted by atomic mass is 32.2. The van der Waals surface area contributed by atoms with Crippen molar-refractivity contribution in [2.24, 2.45) is 5.92 Å². The van der Waals surface area contributed by atoms with Gasteiger partial charge in [-0.3, -0.25) is 4.79 Å². The summed E-state index contributed by atoms with van der Waals surface area (Å²) in [4.78, 5) is 10.9. The number of carbonyl (C=O) groups is 1. The summed E-state index contributed by atoms with van der Waals surface area (Å²) in [5.74, 6) is -1.85. The number of benzene rings is 1. The van der Waals surface area contributed by atoms with Crippen LogP contribution < -0.4 is 4.72 Å². The molecule has 0 amide bonds. The van der Waals surface area contributed by atoms with Gasteiger partial charge in [0.2, 0.25) is 10.0 Å². The largest absolute Gasteiger partial charge is 0.480 e. The van der Waals surface area contributed by atoms with Crippen LogP contribution in [0, 0.1) is 5.92 Å². The average molecular weight is 363 g/mol. The highest BCUT2D eigenvalue weighted by Crippen LogP contribution is 2.18. The summed E-state index contributed by atoms with van der Waals surface area (Å²) < 4.78 is 50.6. The first-order chi connectivity index (χ1) is 10.5. The number of carboxylic acid groups (broad SMARTS) is 1. The van der Waals surface area contributed by atoms with Crippen LogP contribution in [0.3, 0.4) is 0 Å². The van der Waals surface area contributed by atoms with Gasteiger partial charge in [-0.15, -0.1) is 0 Å². The van der Waals surface area contributed by atoms with Crippen molar-refractivity contribution in [3.8, 4) is 0 Å². The van der Waals surface area contributed by atoms with E-state index < -0.39 is 37.8 Å². The Morgan fingerprint density at radius 3 is 2.22 bits per heavy atom. The Labute approximate surface area is 136 Å². The minimum atomic E-state index is -4.15. The molecular formula is C14H21NO6S2. The summed E-state index contributed by atoms with van der Waals surface area (Å²) >= 11 is 0. The standard InChI is InChI=1S/C14H21NO6S2/c1-4-10(3)13(14(16)17)15-23(20,21)12-8-6-7-11(9-12)22(18,19)5-2/h6-10,13,15H,4-5H2,1-3H3,(H,16,17)/t10-,13-/m0/s1. The average Bonchev–Trinajstić information content (AvgIpc) is 2.51. The summed E-state index contributed by atoms with van der Waals surface area (Å²) in [6.07, 6.45) is 0.476. The molecule has 23 heavy (non-hydrogen) atoms. The topological polar surface area (TPSA) is 118 Å². The van der Waals surface area contributed by atoms with Crippen LogP contribution in [0.2, 0.25) is 0 Å². The molecule has 0 aliphatic heterocycles. The molecule has 0 aromatic heterocycles. The van der Waals surface area contributed by atoms with Crippen molar-refractivity contribution in [1.82, 2.24) is 4.72 Å². The lowest BCUT2D eigenvalue weighted by atomic mass is 10.0. The van der Waals surface area contributed by atoms with Gasteiger partial charge in [-0.25, -0.2) is 16.8 Å². The molecule has 130 valence electrons. The fraction of sp³-hybridized carbons (Fsp3) is 0.500. The van der Waals surface area contributed by atoms with Crippen molar-refractivity contribution >= 4 is 25.8 Å². The van der Waals surface area contributed by atoms with E-state index >= 15 is 0 Å². The number of nitrogens with one attached hydrogen (secondary N) is 1. The zero-order valence-corrected chi connectivity index (χ0v) is 14.8. The Morgan fingerprint density at radius 1 is 1.17 bits per heavy atom. The van der Waals surface area contributed by atoms with Gasteiger partial charge >= 0.3 is 5.97 Å². The molecule has 0 saturated carbocycles. The Kier molecular flexibility index (Phi) is 6.32. The predicted molar refractivity (Wildman–Crippen MR) is 85.4 cm³/mol. The Balaban J connectivity index is 3.24. The van der Waals surface area contributed by atoms with Crippen molar-refractivity contribution in [2.45, 2.75) is 43.0 Å². The van der Waals surface area contributed by atoms with E-state index in [9.17, 15) is 26.7 Å². The number of aliphatic carboxylic acids is 1. The maximum Gasteiger partial charge on any atom is 0.322 e. The third kappa shape index (κ3) is 4.76. The Morgan fingerprint density at radius 2 is 1.74 bits per heavy atom. The zero-order valence-electron chi connectivity index (χ0n) is 13.2.